The Labute approximate surface area is 566 Å². The summed E-state index contributed by atoms with van der Waals surface area (Å²) in [5.41, 5.74) is 0.834. The van der Waals surface area contributed by atoms with Gasteiger partial charge in [-0.15, -0.1) is 15.3 Å². The summed E-state index contributed by atoms with van der Waals surface area (Å²) in [6.45, 7) is 0. The van der Waals surface area contributed by atoms with Crippen LogP contribution in [0.3, 0.4) is 0 Å². The number of rotatable bonds is 12. The molecule has 27 heteroatoms. The summed E-state index contributed by atoms with van der Waals surface area (Å²) in [6.07, 6.45) is -14.0. The van der Waals surface area contributed by atoms with Gasteiger partial charge >= 0.3 is 36.6 Å². The highest BCUT2D eigenvalue weighted by molar-refractivity contribution is 9.10. The second-order valence-electron chi connectivity index (χ2n) is 21.8. The zero-order valence-corrected chi connectivity index (χ0v) is 52.5. The number of benzene rings is 9. The Morgan fingerprint density at radius 3 is 1.15 bits per heavy atom. The lowest BCUT2D eigenvalue weighted by atomic mass is 9.96. The molecule has 15 rings (SSSR count). The number of nitrogens with one attached hydrogen (secondary N) is 4. The largest absolute Gasteiger partial charge is 0.418 e. The number of fused-ring (bicyclic) bond motifs is 3. The van der Waals surface area contributed by atoms with Gasteiger partial charge < -0.3 is 34.2 Å². The lowest BCUT2D eigenvalue weighted by molar-refractivity contribution is -0.137. The van der Waals surface area contributed by atoms with Gasteiger partial charge in [0.2, 0.25) is 0 Å². The molecule has 0 radical (unpaired) electrons. The molecule has 15 aromatic rings. The quantitative estimate of drug-likeness (QED) is 0.0832. The molecule has 0 saturated heterocycles. The number of aromatic amines is 1. The molecule has 17 nitrogen and oxygen atoms in total. The van der Waals surface area contributed by atoms with Crippen molar-refractivity contribution >= 4 is 83.7 Å². The van der Waals surface area contributed by atoms with Crippen LogP contribution in [-0.2, 0) is 18.5 Å². The van der Waals surface area contributed by atoms with E-state index in [1.807, 2.05) is 78.9 Å². The van der Waals surface area contributed by atoms with Crippen molar-refractivity contribution in [1.29, 1.82) is 5.26 Å². The van der Waals surface area contributed by atoms with Crippen molar-refractivity contribution in [3.05, 3.63) is 274 Å². The molecule has 0 atom stereocenters. The SMILES string of the molecule is FC(F)(F)c1cc(-c2ccccc2)cc2c(Br)cc(-c3nnc(Nc4ccccc4)o3)nc12.N#Cc1cc(-c2nnc(Nc3ccccc3)o2)nc2c(C(F)(F)F)cc(-c3ccccc3)cc12.O=c1cc(-c2nnc(Nc3ccccc3)o2)[nH]c2c(C(F)(F)F)cc(-c3ccccc3)cc12. The van der Waals surface area contributed by atoms with Crippen molar-refractivity contribution in [2.45, 2.75) is 18.5 Å². The van der Waals surface area contributed by atoms with Crippen LogP contribution in [0.15, 0.2) is 259 Å². The zero-order chi connectivity index (χ0) is 69.7. The van der Waals surface area contributed by atoms with E-state index in [2.05, 4.69) is 77.4 Å². The average Bonchev–Trinajstić information content (AvgIpc) is 1.48. The molecule has 0 fully saturated rings. The first-order valence-corrected chi connectivity index (χ1v) is 30.6. The monoisotopic (exact) mass is 1420 g/mol. The number of nitriles is 1. The van der Waals surface area contributed by atoms with E-state index in [0.717, 1.165) is 30.0 Å². The van der Waals surface area contributed by atoms with Crippen LogP contribution < -0.4 is 21.4 Å². The smallest absolute Gasteiger partial charge is 0.402 e. The van der Waals surface area contributed by atoms with Gasteiger partial charge in [-0.05, 0) is 118 Å². The number of aromatic nitrogens is 9. The predicted molar refractivity (Wildman–Crippen MR) is 361 cm³/mol. The minimum Gasteiger partial charge on any atom is -0.402 e. The van der Waals surface area contributed by atoms with Crippen LogP contribution in [0.5, 0.6) is 0 Å². The first-order valence-electron chi connectivity index (χ1n) is 29.8. The van der Waals surface area contributed by atoms with E-state index in [0.29, 0.717) is 54.6 Å². The molecule has 0 aliphatic carbocycles. The Morgan fingerprint density at radius 1 is 0.390 bits per heavy atom. The third-order valence-electron chi connectivity index (χ3n) is 15.1. The van der Waals surface area contributed by atoms with Crippen LogP contribution >= 0.6 is 15.9 Å². The fraction of sp³-hybridized carbons (Fsp3) is 0.0411. The number of H-pyrrole nitrogens is 1. The normalized spacial score (nSPS) is 11.5. The van der Waals surface area contributed by atoms with Crippen LogP contribution in [0.1, 0.15) is 22.3 Å². The van der Waals surface area contributed by atoms with Crippen molar-refractivity contribution in [2.24, 2.45) is 0 Å². The van der Waals surface area contributed by atoms with Gasteiger partial charge in [0.15, 0.2) is 5.43 Å². The second kappa shape index (κ2) is 27.7. The van der Waals surface area contributed by atoms with E-state index >= 15 is 0 Å². The Kier molecular flexibility index (Phi) is 18.2. The molecule has 0 unspecified atom stereocenters. The summed E-state index contributed by atoms with van der Waals surface area (Å²) in [5, 5.41) is 42.1. The summed E-state index contributed by atoms with van der Waals surface area (Å²) < 4.78 is 143. The third kappa shape index (κ3) is 14.8. The van der Waals surface area contributed by atoms with Crippen molar-refractivity contribution in [1.82, 2.24) is 45.5 Å². The van der Waals surface area contributed by atoms with Gasteiger partial charge in [-0.25, -0.2) is 9.97 Å². The van der Waals surface area contributed by atoms with Crippen molar-refractivity contribution in [3.63, 3.8) is 0 Å². The molecule has 6 aromatic heterocycles. The molecule has 0 saturated carbocycles. The molecule has 9 aromatic carbocycles. The molecule has 494 valence electrons. The van der Waals surface area contributed by atoms with Crippen LogP contribution in [-0.4, -0.2) is 45.5 Å². The zero-order valence-electron chi connectivity index (χ0n) is 51.0. The van der Waals surface area contributed by atoms with Crippen LogP contribution in [0, 0.1) is 11.3 Å². The molecular formula is C73H43BrF9N13O4. The molecule has 4 N–H and O–H groups in total. The molecule has 0 bridgehead atoms. The average molecular weight is 1420 g/mol. The van der Waals surface area contributed by atoms with Crippen LogP contribution in [0.25, 0.3) is 101 Å². The van der Waals surface area contributed by atoms with Crippen molar-refractivity contribution in [3.8, 4) is 74.2 Å². The molecule has 0 aliphatic heterocycles. The Balaban J connectivity index is 0.000000134. The van der Waals surface area contributed by atoms with Crippen LogP contribution in [0.4, 0.5) is 74.6 Å². The minimum atomic E-state index is -4.70. The van der Waals surface area contributed by atoms with E-state index in [1.165, 1.54) is 18.2 Å². The molecule has 0 amide bonds. The highest BCUT2D eigenvalue weighted by atomic mass is 79.9. The van der Waals surface area contributed by atoms with Gasteiger partial charge in [0.05, 0.1) is 44.9 Å². The first-order chi connectivity index (χ1) is 48.2. The topological polar surface area (TPSA) is 235 Å². The van der Waals surface area contributed by atoms with Crippen molar-refractivity contribution in [2.75, 3.05) is 16.0 Å². The lowest BCUT2D eigenvalue weighted by Crippen LogP contribution is -2.11. The van der Waals surface area contributed by atoms with Gasteiger partial charge in [-0.1, -0.05) is 177 Å². The fourth-order valence-electron chi connectivity index (χ4n) is 10.5. The van der Waals surface area contributed by atoms with Gasteiger partial charge in [0, 0.05) is 43.8 Å². The maximum absolute atomic E-state index is 14.0. The number of para-hydroxylation sites is 3. The number of hydrogen-bond donors (Lipinski definition) is 4. The minimum absolute atomic E-state index is 0.00343. The molecule has 100 heavy (non-hydrogen) atoms. The number of nitrogens with zero attached hydrogens (tertiary/aromatic N) is 9. The maximum atomic E-state index is 14.0. The Hall–Kier alpha value is -12.8. The Morgan fingerprint density at radius 2 is 0.740 bits per heavy atom. The second-order valence-corrected chi connectivity index (χ2v) is 22.6. The fourth-order valence-corrected chi connectivity index (χ4v) is 11.0. The number of hydrogen-bond acceptors (Lipinski definition) is 16. The summed E-state index contributed by atoms with van der Waals surface area (Å²) in [7, 11) is 0. The van der Waals surface area contributed by atoms with Gasteiger partial charge in [-0.2, -0.15) is 44.8 Å². The highest BCUT2D eigenvalue weighted by Crippen LogP contribution is 2.43. The first kappa shape index (κ1) is 65.8. The summed E-state index contributed by atoms with van der Waals surface area (Å²) >= 11 is 3.40. The standard InChI is InChI=1S/C25H14F3N5O.C24H14BrF3N4O.C24H15F3N4O2/c26-25(27,28)20-12-16(15-7-3-1-4-8-15)11-19-17(14-29)13-21(31-22(19)20)23-32-33-24(34-23)30-18-9-5-2-6-10-18;25-19-13-20(22-31-32-23(33-22)29-16-9-5-2-6-10-16)30-21-17(19)11-15(12-18(21)24(26,27)28)14-7-3-1-4-8-14;25-24(26,27)18-12-15(14-7-3-1-4-8-14)11-17-20(32)13-19(29-21(17)18)22-30-31-23(33-22)28-16-9-5-2-6-10-16/h1-13H,(H,30,33);1-13H,(H,29,32);1-13H,(H,28,31)(H,29,32). The Bertz CT molecular complexity index is 5550. The number of pyridine rings is 3. The van der Waals surface area contributed by atoms with E-state index < -0.39 is 40.6 Å². The summed E-state index contributed by atoms with van der Waals surface area (Å²) in [6, 6.07) is 67.3. The van der Waals surface area contributed by atoms with E-state index in [-0.39, 0.29) is 85.7 Å². The van der Waals surface area contributed by atoms with E-state index in [4.69, 9.17) is 13.3 Å². The van der Waals surface area contributed by atoms with Crippen molar-refractivity contribution < 1.29 is 52.8 Å². The summed E-state index contributed by atoms with van der Waals surface area (Å²) in [5.74, 6) is -0.235. The lowest BCUT2D eigenvalue weighted by Gasteiger charge is -2.14. The number of halogens is 10. The van der Waals surface area contributed by atoms with Gasteiger partial charge in [-0.3, -0.25) is 4.79 Å². The molecule has 0 spiro atoms. The summed E-state index contributed by atoms with van der Waals surface area (Å²) in [4.78, 5) is 23.9. The molecule has 6 heterocycles. The van der Waals surface area contributed by atoms with E-state index in [9.17, 15) is 49.6 Å². The van der Waals surface area contributed by atoms with Crippen LogP contribution in [0.2, 0.25) is 0 Å². The van der Waals surface area contributed by atoms with Gasteiger partial charge in [0.1, 0.15) is 17.1 Å². The number of alkyl halides is 9. The highest BCUT2D eigenvalue weighted by Gasteiger charge is 2.37. The van der Waals surface area contributed by atoms with Gasteiger partial charge in [0.25, 0.3) is 17.7 Å². The molecular weight excluding hydrogens is 1370 g/mol. The molecule has 0 aliphatic rings. The third-order valence-corrected chi connectivity index (χ3v) is 15.7. The predicted octanol–water partition coefficient (Wildman–Crippen LogP) is 20.1. The van der Waals surface area contributed by atoms with E-state index in [1.54, 1.807) is 121 Å². The maximum Gasteiger partial charge on any atom is 0.418 e. The number of anilines is 6.